The summed E-state index contributed by atoms with van der Waals surface area (Å²) in [5.41, 5.74) is 2.63. The molecule has 0 amide bonds. The van der Waals surface area contributed by atoms with Crippen LogP contribution < -0.4 is 14.8 Å². The third-order valence-corrected chi connectivity index (χ3v) is 8.51. The molecule has 0 spiro atoms. The van der Waals surface area contributed by atoms with E-state index in [2.05, 4.69) is 16.1 Å². The molecular formula is C24H32N2O4S. The van der Waals surface area contributed by atoms with Crippen molar-refractivity contribution >= 4 is 37.6 Å². The first-order chi connectivity index (χ1) is 14.7. The molecule has 2 aromatic carbocycles. The van der Waals surface area contributed by atoms with Gasteiger partial charge in [0.1, 0.15) is 16.9 Å². The molecule has 7 heteroatoms. The number of ether oxygens (including phenoxy) is 1. The standard InChI is InChI=1S/C24H32N2O4S/c1-24(2,3)31(27,28)26-17-11-9-16(10-12-17)15-25-20-14-22-19(13-23(20)29-4)18-7-5-6-8-21(18)30-22/h5-8,13-14,16-17,25-26H,9-12,15H2,1-4H3. The molecule has 1 saturated carbocycles. The van der Waals surface area contributed by atoms with E-state index < -0.39 is 14.8 Å². The predicted octanol–water partition coefficient (Wildman–Crippen LogP) is 5.28. The summed E-state index contributed by atoms with van der Waals surface area (Å²) in [5.74, 6) is 1.29. The molecule has 1 fully saturated rings. The highest BCUT2D eigenvalue weighted by Crippen LogP contribution is 2.37. The number of sulfonamides is 1. The predicted molar refractivity (Wildman–Crippen MR) is 126 cm³/mol. The highest BCUT2D eigenvalue weighted by molar-refractivity contribution is 7.90. The smallest absolute Gasteiger partial charge is 0.216 e. The fourth-order valence-corrected chi connectivity index (χ4v) is 5.22. The molecule has 0 atom stereocenters. The fourth-order valence-electron chi connectivity index (χ4n) is 4.19. The van der Waals surface area contributed by atoms with Gasteiger partial charge in [-0.2, -0.15) is 0 Å². The van der Waals surface area contributed by atoms with Crippen LogP contribution in [-0.2, 0) is 10.0 Å². The first-order valence-corrected chi connectivity index (χ1v) is 12.4. The maximum absolute atomic E-state index is 12.4. The van der Waals surface area contributed by atoms with Gasteiger partial charge in [-0.3, -0.25) is 0 Å². The minimum absolute atomic E-state index is 0.0295. The normalized spacial score (nSPS) is 20.3. The molecule has 1 aliphatic rings. The largest absolute Gasteiger partial charge is 0.495 e. The summed E-state index contributed by atoms with van der Waals surface area (Å²) >= 11 is 0. The lowest BCUT2D eigenvalue weighted by atomic mass is 9.86. The Morgan fingerprint density at radius 1 is 1.03 bits per heavy atom. The number of hydrogen-bond donors (Lipinski definition) is 2. The van der Waals surface area contributed by atoms with E-state index >= 15 is 0 Å². The molecule has 4 rings (SSSR count). The summed E-state index contributed by atoms with van der Waals surface area (Å²) in [6.07, 6.45) is 3.70. The summed E-state index contributed by atoms with van der Waals surface area (Å²) in [5, 5.41) is 5.66. The highest BCUT2D eigenvalue weighted by Gasteiger charge is 2.32. The zero-order valence-electron chi connectivity index (χ0n) is 18.7. The van der Waals surface area contributed by atoms with Crippen molar-refractivity contribution in [1.29, 1.82) is 0 Å². The van der Waals surface area contributed by atoms with E-state index in [0.29, 0.717) is 5.92 Å². The first kappa shape index (κ1) is 22.0. The van der Waals surface area contributed by atoms with Gasteiger partial charge in [-0.1, -0.05) is 18.2 Å². The lowest BCUT2D eigenvalue weighted by Crippen LogP contribution is -2.46. The second-order valence-corrected chi connectivity index (χ2v) is 11.9. The molecule has 0 aliphatic heterocycles. The Morgan fingerprint density at radius 2 is 1.74 bits per heavy atom. The second kappa shape index (κ2) is 8.36. The Hall–Kier alpha value is -2.25. The van der Waals surface area contributed by atoms with Gasteiger partial charge >= 0.3 is 0 Å². The van der Waals surface area contributed by atoms with Crippen LogP contribution in [0.2, 0.25) is 0 Å². The Labute approximate surface area is 184 Å². The van der Waals surface area contributed by atoms with Gasteiger partial charge in [0.2, 0.25) is 10.0 Å². The van der Waals surface area contributed by atoms with Crippen LogP contribution in [0.3, 0.4) is 0 Å². The molecule has 2 N–H and O–H groups in total. The average molecular weight is 445 g/mol. The van der Waals surface area contributed by atoms with Crippen molar-refractivity contribution < 1.29 is 17.6 Å². The molecular weight excluding hydrogens is 412 g/mol. The van der Waals surface area contributed by atoms with Gasteiger partial charge in [0, 0.05) is 29.4 Å². The van der Waals surface area contributed by atoms with Crippen LogP contribution in [-0.4, -0.2) is 32.9 Å². The summed E-state index contributed by atoms with van der Waals surface area (Å²) in [4.78, 5) is 0. The molecule has 168 valence electrons. The Bertz CT molecular complexity index is 1170. The molecule has 1 heterocycles. The van der Waals surface area contributed by atoms with Crippen LogP contribution in [0.4, 0.5) is 5.69 Å². The molecule has 0 bridgehead atoms. The van der Waals surface area contributed by atoms with Crippen LogP contribution in [0.5, 0.6) is 5.75 Å². The third kappa shape index (κ3) is 4.53. The third-order valence-electron chi connectivity index (χ3n) is 6.25. The summed E-state index contributed by atoms with van der Waals surface area (Å²) in [6.45, 7) is 6.02. The van der Waals surface area contributed by atoms with Crippen LogP contribution in [0.25, 0.3) is 21.9 Å². The van der Waals surface area contributed by atoms with Crippen molar-refractivity contribution in [3.63, 3.8) is 0 Å². The number of anilines is 1. The van der Waals surface area contributed by atoms with Crippen molar-refractivity contribution in [3.8, 4) is 5.75 Å². The molecule has 0 unspecified atom stereocenters. The molecule has 31 heavy (non-hydrogen) atoms. The first-order valence-electron chi connectivity index (χ1n) is 10.9. The zero-order chi connectivity index (χ0) is 22.2. The number of para-hydroxylation sites is 1. The lowest BCUT2D eigenvalue weighted by Gasteiger charge is -2.31. The van der Waals surface area contributed by atoms with Crippen molar-refractivity contribution in [3.05, 3.63) is 36.4 Å². The maximum Gasteiger partial charge on any atom is 0.216 e. The number of fused-ring (bicyclic) bond motifs is 3. The van der Waals surface area contributed by atoms with Gasteiger partial charge in [-0.25, -0.2) is 13.1 Å². The Balaban J connectivity index is 1.40. The van der Waals surface area contributed by atoms with Crippen LogP contribution in [0.1, 0.15) is 46.5 Å². The van der Waals surface area contributed by atoms with Crippen molar-refractivity contribution in [1.82, 2.24) is 4.72 Å². The Kier molecular flexibility index (Phi) is 5.92. The number of hydrogen-bond acceptors (Lipinski definition) is 5. The fraction of sp³-hybridized carbons (Fsp3) is 0.500. The SMILES string of the molecule is COc1cc2c(cc1NCC1CCC(NS(=O)(=O)C(C)(C)C)CC1)oc1ccccc12. The zero-order valence-corrected chi connectivity index (χ0v) is 19.5. The van der Waals surface area contributed by atoms with Gasteiger partial charge in [-0.05, 0) is 64.5 Å². The lowest BCUT2D eigenvalue weighted by molar-refractivity contribution is 0.322. The van der Waals surface area contributed by atoms with Gasteiger partial charge in [0.15, 0.2) is 0 Å². The van der Waals surface area contributed by atoms with Crippen LogP contribution >= 0.6 is 0 Å². The van der Waals surface area contributed by atoms with E-state index in [1.807, 2.05) is 30.3 Å². The van der Waals surface area contributed by atoms with Gasteiger partial charge < -0.3 is 14.5 Å². The number of rotatable bonds is 6. The monoisotopic (exact) mass is 444 g/mol. The highest BCUT2D eigenvalue weighted by atomic mass is 32.2. The van der Waals surface area contributed by atoms with Crippen LogP contribution in [0, 0.1) is 5.92 Å². The molecule has 0 radical (unpaired) electrons. The van der Waals surface area contributed by atoms with Gasteiger partial charge in [0.25, 0.3) is 0 Å². The Morgan fingerprint density at radius 3 is 2.42 bits per heavy atom. The van der Waals surface area contributed by atoms with Crippen molar-refractivity contribution in [2.24, 2.45) is 5.92 Å². The number of benzene rings is 2. The number of methoxy groups -OCH3 is 1. The minimum atomic E-state index is -3.30. The quantitative estimate of drug-likeness (QED) is 0.540. The molecule has 6 nitrogen and oxygen atoms in total. The van der Waals surface area contributed by atoms with E-state index in [1.54, 1.807) is 27.9 Å². The topological polar surface area (TPSA) is 80.6 Å². The minimum Gasteiger partial charge on any atom is -0.495 e. The second-order valence-electron chi connectivity index (χ2n) is 9.48. The molecule has 1 aromatic heterocycles. The summed E-state index contributed by atoms with van der Waals surface area (Å²) in [6, 6.07) is 12.1. The van der Waals surface area contributed by atoms with Gasteiger partial charge in [0.05, 0.1) is 17.5 Å². The number of nitrogens with one attached hydrogen (secondary N) is 2. The van der Waals surface area contributed by atoms with Crippen LogP contribution in [0.15, 0.2) is 40.8 Å². The van der Waals surface area contributed by atoms with Crippen molar-refractivity contribution in [2.75, 3.05) is 19.0 Å². The molecule has 3 aromatic rings. The summed E-state index contributed by atoms with van der Waals surface area (Å²) in [7, 11) is -1.62. The summed E-state index contributed by atoms with van der Waals surface area (Å²) < 4.78 is 38.6. The van der Waals surface area contributed by atoms with E-state index in [9.17, 15) is 8.42 Å². The van der Waals surface area contributed by atoms with E-state index in [0.717, 1.165) is 65.6 Å². The maximum atomic E-state index is 12.4. The van der Waals surface area contributed by atoms with E-state index in [4.69, 9.17) is 9.15 Å². The molecule has 0 saturated heterocycles. The van der Waals surface area contributed by atoms with Gasteiger partial charge in [-0.15, -0.1) is 0 Å². The van der Waals surface area contributed by atoms with E-state index in [1.165, 1.54) is 0 Å². The average Bonchev–Trinajstić information content (AvgIpc) is 3.09. The number of furan rings is 1. The van der Waals surface area contributed by atoms with Crippen molar-refractivity contribution in [2.45, 2.75) is 57.2 Å². The van der Waals surface area contributed by atoms with E-state index in [-0.39, 0.29) is 6.04 Å². The molecule has 1 aliphatic carbocycles.